The highest BCUT2D eigenvalue weighted by atomic mass is 15.5. The second-order valence-electron chi connectivity index (χ2n) is 8.48. The lowest BCUT2D eigenvalue weighted by molar-refractivity contribution is 0.235. The molecule has 6 nitrogen and oxygen atoms in total. The molecule has 3 aliphatic heterocycles. The third-order valence-electron chi connectivity index (χ3n) is 6.16. The summed E-state index contributed by atoms with van der Waals surface area (Å²) in [5.74, 6) is 0. The Kier molecular flexibility index (Phi) is 6.64. The molecule has 0 aromatic heterocycles. The van der Waals surface area contributed by atoms with Crippen molar-refractivity contribution in [1.29, 1.82) is 0 Å². The highest BCUT2D eigenvalue weighted by Crippen LogP contribution is 2.19. The SMILES string of the molecule is C1CCN(/N=C2/CC/C(=N\N3CCCCC3)C/C2=N\N2CCCCC2)CC1. The van der Waals surface area contributed by atoms with Crippen molar-refractivity contribution in [3.8, 4) is 0 Å². The van der Waals surface area contributed by atoms with Crippen molar-refractivity contribution < 1.29 is 0 Å². The topological polar surface area (TPSA) is 46.8 Å². The first-order valence-corrected chi connectivity index (χ1v) is 11.3. The molecule has 0 radical (unpaired) electrons. The third kappa shape index (κ3) is 5.45. The van der Waals surface area contributed by atoms with Gasteiger partial charge in [0, 0.05) is 51.4 Å². The molecule has 4 fully saturated rings. The molecule has 0 bridgehead atoms. The number of hydrazone groups is 3. The smallest absolute Gasteiger partial charge is 0.0894 e. The molecule has 4 aliphatic rings. The minimum atomic E-state index is 0.889. The van der Waals surface area contributed by atoms with E-state index in [9.17, 15) is 0 Å². The monoisotopic (exact) mass is 372 g/mol. The molecule has 0 N–H and O–H groups in total. The lowest BCUT2D eigenvalue weighted by atomic mass is 9.94. The molecule has 0 spiro atoms. The maximum atomic E-state index is 5.08. The average molecular weight is 373 g/mol. The van der Waals surface area contributed by atoms with Crippen molar-refractivity contribution in [1.82, 2.24) is 15.0 Å². The van der Waals surface area contributed by atoms with Crippen LogP contribution >= 0.6 is 0 Å². The summed E-state index contributed by atoms with van der Waals surface area (Å²) >= 11 is 0. The van der Waals surface area contributed by atoms with Gasteiger partial charge in [-0.3, -0.25) is 15.0 Å². The fraction of sp³-hybridized carbons (Fsp3) is 0.857. The van der Waals surface area contributed by atoms with Crippen LogP contribution in [0.1, 0.15) is 77.0 Å². The lowest BCUT2D eigenvalue weighted by Gasteiger charge is -2.30. The van der Waals surface area contributed by atoms with Gasteiger partial charge < -0.3 is 0 Å². The van der Waals surface area contributed by atoms with Crippen LogP contribution in [-0.2, 0) is 0 Å². The van der Waals surface area contributed by atoms with E-state index >= 15 is 0 Å². The van der Waals surface area contributed by atoms with Crippen molar-refractivity contribution in [2.24, 2.45) is 15.3 Å². The van der Waals surface area contributed by atoms with Gasteiger partial charge in [0.2, 0.25) is 0 Å². The van der Waals surface area contributed by atoms with Crippen molar-refractivity contribution in [3.63, 3.8) is 0 Å². The van der Waals surface area contributed by atoms with Crippen LogP contribution in [-0.4, -0.2) is 71.4 Å². The van der Waals surface area contributed by atoms with Gasteiger partial charge in [-0.25, -0.2) is 0 Å². The summed E-state index contributed by atoms with van der Waals surface area (Å²) in [5.41, 5.74) is 3.72. The first kappa shape index (κ1) is 18.8. The Bertz CT molecular complexity index is 563. The van der Waals surface area contributed by atoms with Crippen LogP contribution < -0.4 is 0 Å². The molecule has 0 aromatic carbocycles. The number of nitrogens with zero attached hydrogens (tertiary/aromatic N) is 6. The molecule has 150 valence electrons. The summed E-state index contributed by atoms with van der Waals surface area (Å²) in [4.78, 5) is 0. The van der Waals surface area contributed by atoms with Crippen molar-refractivity contribution in [3.05, 3.63) is 0 Å². The van der Waals surface area contributed by atoms with Gasteiger partial charge in [0.15, 0.2) is 0 Å². The summed E-state index contributed by atoms with van der Waals surface area (Å²) in [5, 5.41) is 22.0. The van der Waals surface area contributed by atoms with Crippen molar-refractivity contribution in [2.45, 2.75) is 77.0 Å². The minimum absolute atomic E-state index is 0.889. The van der Waals surface area contributed by atoms with Crippen molar-refractivity contribution in [2.75, 3.05) is 39.3 Å². The summed E-state index contributed by atoms with van der Waals surface area (Å²) in [6, 6.07) is 0. The lowest BCUT2D eigenvalue weighted by Crippen LogP contribution is -2.35. The van der Waals surface area contributed by atoms with Gasteiger partial charge in [-0.2, -0.15) is 15.3 Å². The molecule has 6 heteroatoms. The number of hydrogen-bond donors (Lipinski definition) is 0. The normalized spacial score (nSPS) is 29.8. The van der Waals surface area contributed by atoms with Crippen LogP contribution in [0.25, 0.3) is 0 Å². The van der Waals surface area contributed by atoms with Gasteiger partial charge in [-0.15, -0.1) is 0 Å². The van der Waals surface area contributed by atoms with E-state index in [0.29, 0.717) is 0 Å². The van der Waals surface area contributed by atoms with E-state index in [4.69, 9.17) is 15.3 Å². The third-order valence-corrected chi connectivity index (χ3v) is 6.16. The van der Waals surface area contributed by atoms with Gasteiger partial charge in [0.05, 0.1) is 11.4 Å². The standard InChI is InChI=1S/C21H36N6/c1-4-12-25(13-5-1)22-19-10-11-20(23-26-14-6-2-7-15-26)21(18-19)24-27-16-8-3-9-17-27/h1-18H2/b22-19+,23-20-,24-21+. The van der Waals surface area contributed by atoms with Crippen LogP contribution in [0.15, 0.2) is 15.3 Å². The number of hydrogen-bond acceptors (Lipinski definition) is 6. The van der Waals surface area contributed by atoms with Gasteiger partial charge in [0.1, 0.15) is 0 Å². The van der Waals surface area contributed by atoms with Crippen LogP contribution in [0.3, 0.4) is 0 Å². The van der Waals surface area contributed by atoms with E-state index in [2.05, 4.69) is 15.0 Å². The van der Waals surface area contributed by atoms with Crippen LogP contribution in [0.4, 0.5) is 0 Å². The zero-order valence-corrected chi connectivity index (χ0v) is 16.9. The maximum Gasteiger partial charge on any atom is 0.0894 e. The molecule has 4 rings (SSSR count). The molecule has 0 amide bonds. The van der Waals surface area contributed by atoms with Gasteiger partial charge >= 0.3 is 0 Å². The summed E-state index contributed by atoms with van der Waals surface area (Å²) in [7, 11) is 0. The van der Waals surface area contributed by atoms with E-state index in [0.717, 1.165) is 58.5 Å². The Morgan fingerprint density at radius 1 is 0.444 bits per heavy atom. The van der Waals surface area contributed by atoms with E-state index in [-0.39, 0.29) is 0 Å². The van der Waals surface area contributed by atoms with Gasteiger partial charge in [-0.1, -0.05) is 0 Å². The summed E-state index contributed by atoms with van der Waals surface area (Å²) < 4.78 is 0. The van der Waals surface area contributed by atoms with Gasteiger partial charge in [-0.05, 0) is 70.6 Å². The zero-order chi connectivity index (χ0) is 18.3. The van der Waals surface area contributed by atoms with E-state index < -0.39 is 0 Å². The number of rotatable bonds is 3. The molecular weight excluding hydrogens is 336 g/mol. The largest absolute Gasteiger partial charge is 0.297 e. The summed E-state index contributed by atoms with van der Waals surface area (Å²) in [6.45, 7) is 6.65. The predicted octanol–water partition coefficient (Wildman–Crippen LogP) is 3.70. The molecule has 0 aromatic rings. The quantitative estimate of drug-likeness (QED) is 0.759. The first-order chi connectivity index (χ1) is 13.4. The van der Waals surface area contributed by atoms with Gasteiger partial charge in [0.25, 0.3) is 0 Å². The molecule has 0 atom stereocenters. The molecule has 0 unspecified atom stereocenters. The highest BCUT2D eigenvalue weighted by molar-refractivity contribution is 6.47. The average Bonchev–Trinajstić information content (AvgIpc) is 2.72. The molecule has 1 saturated carbocycles. The Morgan fingerprint density at radius 3 is 1.41 bits per heavy atom. The molecular formula is C21H36N6. The van der Waals surface area contributed by atoms with Crippen molar-refractivity contribution >= 4 is 17.1 Å². The summed E-state index contributed by atoms with van der Waals surface area (Å²) in [6.07, 6.45) is 14.6. The molecule has 3 heterocycles. The van der Waals surface area contributed by atoms with Crippen LogP contribution in [0, 0.1) is 0 Å². The second-order valence-corrected chi connectivity index (χ2v) is 8.48. The van der Waals surface area contributed by atoms with Crippen LogP contribution in [0.2, 0.25) is 0 Å². The molecule has 1 aliphatic carbocycles. The minimum Gasteiger partial charge on any atom is -0.297 e. The van der Waals surface area contributed by atoms with E-state index in [1.165, 1.54) is 74.9 Å². The Labute approximate surface area is 164 Å². The van der Waals surface area contributed by atoms with Crippen LogP contribution in [0.5, 0.6) is 0 Å². The Morgan fingerprint density at radius 2 is 0.889 bits per heavy atom. The Hall–Kier alpha value is -1.59. The van der Waals surface area contributed by atoms with E-state index in [1.807, 2.05) is 0 Å². The first-order valence-electron chi connectivity index (χ1n) is 11.3. The maximum absolute atomic E-state index is 5.08. The highest BCUT2D eigenvalue weighted by Gasteiger charge is 2.24. The zero-order valence-electron chi connectivity index (χ0n) is 16.9. The molecule has 3 saturated heterocycles. The Balaban J connectivity index is 1.49. The molecule has 27 heavy (non-hydrogen) atoms. The number of piperidine rings is 3. The predicted molar refractivity (Wildman–Crippen MR) is 112 cm³/mol. The second kappa shape index (κ2) is 9.56. The fourth-order valence-corrected chi connectivity index (χ4v) is 4.55. The van der Waals surface area contributed by atoms with E-state index in [1.54, 1.807) is 0 Å². The fourth-order valence-electron chi connectivity index (χ4n) is 4.55.